The molecule has 3 rings (SSSR count). The Balaban J connectivity index is 1.92. The molecule has 0 unspecified atom stereocenters. The minimum Gasteiger partial charge on any atom is -0.351 e. The molecule has 1 atom stereocenters. The summed E-state index contributed by atoms with van der Waals surface area (Å²) in [7, 11) is -3.30. The molecular weight excluding hydrogens is 288 g/mol. The van der Waals surface area contributed by atoms with Gasteiger partial charge in [-0.2, -0.15) is 0 Å². The summed E-state index contributed by atoms with van der Waals surface area (Å²) in [5.74, 6) is 0.709. The Morgan fingerprint density at radius 3 is 2.67 bits per heavy atom. The highest BCUT2D eigenvalue weighted by Gasteiger charge is 2.26. The van der Waals surface area contributed by atoms with Gasteiger partial charge in [0.2, 0.25) is 5.95 Å². The number of nitrogens with zero attached hydrogens (tertiary/aromatic N) is 2. The van der Waals surface area contributed by atoms with Crippen LogP contribution in [0.4, 0.5) is 5.95 Å². The number of hydrogen-bond donors (Lipinski definition) is 2. The summed E-state index contributed by atoms with van der Waals surface area (Å²) in [6.07, 6.45) is 8.21. The predicted octanol–water partition coefficient (Wildman–Crippen LogP) is 1.31. The first-order valence-electron chi connectivity index (χ1n) is 7.58. The van der Waals surface area contributed by atoms with Crippen LogP contribution >= 0.6 is 0 Å². The van der Waals surface area contributed by atoms with Gasteiger partial charge in [-0.25, -0.2) is 18.4 Å². The van der Waals surface area contributed by atoms with Crippen molar-refractivity contribution >= 4 is 15.8 Å². The minimum absolute atomic E-state index is 0.147. The maximum Gasteiger partial charge on any atom is 0.223 e. The van der Waals surface area contributed by atoms with Gasteiger partial charge in [0.25, 0.3) is 0 Å². The number of rotatable bonds is 4. The number of hydrogen-bond acceptors (Lipinski definition) is 6. The third-order valence-electron chi connectivity index (χ3n) is 4.30. The first-order valence-corrected chi connectivity index (χ1v) is 9.47. The Morgan fingerprint density at radius 2 is 2.10 bits per heavy atom. The van der Waals surface area contributed by atoms with Crippen molar-refractivity contribution in [3.63, 3.8) is 0 Å². The highest BCUT2D eigenvalue weighted by molar-refractivity contribution is 7.90. The minimum atomic E-state index is -3.30. The van der Waals surface area contributed by atoms with Gasteiger partial charge in [0, 0.05) is 24.8 Å². The number of nitrogens with one attached hydrogen (secondary N) is 2. The van der Waals surface area contributed by atoms with Crippen LogP contribution in [-0.4, -0.2) is 43.8 Å². The van der Waals surface area contributed by atoms with Crippen LogP contribution in [0.25, 0.3) is 0 Å². The molecule has 1 aliphatic carbocycles. The van der Waals surface area contributed by atoms with E-state index in [-0.39, 0.29) is 10.8 Å². The fourth-order valence-electron chi connectivity index (χ4n) is 2.85. The number of anilines is 1. The van der Waals surface area contributed by atoms with Crippen molar-refractivity contribution in [2.24, 2.45) is 0 Å². The van der Waals surface area contributed by atoms with Crippen LogP contribution in [0.1, 0.15) is 43.7 Å². The van der Waals surface area contributed by atoms with Crippen molar-refractivity contribution in [3.05, 3.63) is 11.9 Å². The monoisotopic (exact) mass is 310 g/mol. The van der Waals surface area contributed by atoms with Crippen molar-refractivity contribution in [2.45, 2.75) is 49.0 Å². The SMILES string of the molecule is CS(=O)(=O)c1cnc(NC2CCC2)nc1[C@@H]1CCCNC1. The standard InChI is InChI=1S/C14H22N4O2S/c1-21(19,20)12-9-16-14(17-11-5-2-6-11)18-13(12)10-4-3-7-15-8-10/h9-11,15H,2-8H2,1H3,(H,16,17,18)/t10-/m1/s1. The summed E-state index contributed by atoms with van der Waals surface area (Å²) in [6.45, 7) is 1.77. The Labute approximate surface area is 125 Å². The van der Waals surface area contributed by atoms with E-state index >= 15 is 0 Å². The van der Waals surface area contributed by atoms with Crippen molar-refractivity contribution in [1.29, 1.82) is 0 Å². The van der Waals surface area contributed by atoms with Crippen LogP contribution in [0, 0.1) is 0 Å². The average Bonchev–Trinajstić information content (AvgIpc) is 2.42. The van der Waals surface area contributed by atoms with Crippen LogP contribution in [-0.2, 0) is 9.84 Å². The van der Waals surface area contributed by atoms with E-state index in [0.29, 0.717) is 17.7 Å². The summed E-state index contributed by atoms with van der Waals surface area (Å²) in [6, 6.07) is 0.436. The van der Waals surface area contributed by atoms with E-state index in [1.54, 1.807) is 0 Å². The fourth-order valence-corrected chi connectivity index (χ4v) is 3.69. The first-order chi connectivity index (χ1) is 10.0. The zero-order chi connectivity index (χ0) is 14.9. The predicted molar refractivity (Wildman–Crippen MR) is 81.2 cm³/mol. The average molecular weight is 310 g/mol. The van der Waals surface area contributed by atoms with Gasteiger partial charge in [0.1, 0.15) is 4.90 Å². The van der Waals surface area contributed by atoms with Crippen LogP contribution in [0.15, 0.2) is 11.1 Å². The van der Waals surface area contributed by atoms with Gasteiger partial charge in [-0.1, -0.05) is 0 Å². The molecule has 2 N–H and O–H groups in total. The summed E-state index contributed by atoms with van der Waals surface area (Å²) in [4.78, 5) is 9.02. The quantitative estimate of drug-likeness (QED) is 0.872. The maximum atomic E-state index is 12.0. The molecule has 116 valence electrons. The lowest BCUT2D eigenvalue weighted by Crippen LogP contribution is -2.31. The second kappa shape index (κ2) is 5.88. The van der Waals surface area contributed by atoms with E-state index in [9.17, 15) is 8.42 Å². The van der Waals surface area contributed by atoms with Gasteiger partial charge in [-0.15, -0.1) is 0 Å². The van der Waals surface area contributed by atoms with Gasteiger partial charge in [0.05, 0.1) is 11.9 Å². The molecule has 1 aliphatic heterocycles. The lowest BCUT2D eigenvalue weighted by Gasteiger charge is -2.28. The van der Waals surface area contributed by atoms with Crippen molar-refractivity contribution in [1.82, 2.24) is 15.3 Å². The number of piperidine rings is 1. The molecule has 2 aliphatic rings. The third-order valence-corrected chi connectivity index (χ3v) is 5.42. The summed E-state index contributed by atoms with van der Waals surface area (Å²) in [5.41, 5.74) is 0.668. The zero-order valence-electron chi connectivity index (χ0n) is 12.3. The van der Waals surface area contributed by atoms with Gasteiger partial charge in [-0.3, -0.25) is 0 Å². The van der Waals surface area contributed by atoms with Crippen molar-refractivity contribution in [3.8, 4) is 0 Å². The molecule has 1 saturated carbocycles. The molecule has 0 radical (unpaired) electrons. The molecular formula is C14H22N4O2S. The van der Waals surface area contributed by atoms with Gasteiger partial charge in [0.15, 0.2) is 9.84 Å². The van der Waals surface area contributed by atoms with Crippen LogP contribution in [0.2, 0.25) is 0 Å². The van der Waals surface area contributed by atoms with Crippen LogP contribution < -0.4 is 10.6 Å². The lowest BCUT2D eigenvalue weighted by molar-refractivity contribution is 0.437. The Morgan fingerprint density at radius 1 is 1.29 bits per heavy atom. The highest BCUT2D eigenvalue weighted by atomic mass is 32.2. The Hall–Kier alpha value is -1.21. The van der Waals surface area contributed by atoms with E-state index in [0.717, 1.165) is 38.8 Å². The molecule has 0 spiro atoms. The molecule has 21 heavy (non-hydrogen) atoms. The normalized spacial score (nSPS) is 23.6. The molecule has 0 amide bonds. The second-order valence-electron chi connectivity index (χ2n) is 6.03. The Bertz CT molecular complexity index is 607. The molecule has 1 aromatic rings. The lowest BCUT2D eigenvalue weighted by atomic mass is 9.93. The van der Waals surface area contributed by atoms with E-state index in [2.05, 4.69) is 20.6 Å². The van der Waals surface area contributed by atoms with Gasteiger partial charge >= 0.3 is 0 Å². The van der Waals surface area contributed by atoms with E-state index < -0.39 is 9.84 Å². The maximum absolute atomic E-state index is 12.0. The summed E-state index contributed by atoms with van der Waals surface area (Å²) >= 11 is 0. The summed E-state index contributed by atoms with van der Waals surface area (Å²) < 4.78 is 24.0. The van der Waals surface area contributed by atoms with E-state index in [1.165, 1.54) is 18.9 Å². The molecule has 2 fully saturated rings. The molecule has 0 bridgehead atoms. The van der Waals surface area contributed by atoms with Gasteiger partial charge in [-0.05, 0) is 38.6 Å². The van der Waals surface area contributed by atoms with E-state index in [1.807, 2.05) is 0 Å². The topological polar surface area (TPSA) is 84.0 Å². The molecule has 2 heterocycles. The van der Waals surface area contributed by atoms with Crippen LogP contribution in [0.3, 0.4) is 0 Å². The Kier molecular flexibility index (Phi) is 4.12. The van der Waals surface area contributed by atoms with Crippen LogP contribution in [0.5, 0.6) is 0 Å². The third kappa shape index (κ3) is 3.35. The number of aromatic nitrogens is 2. The summed E-state index contributed by atoms with van der Waals surface area (Å²) in [5, 5.41) is 6.62. The molecule has 1 aromatic heterocycles. The van der Waals surface area contributed by atoms with Crippen molar-refractivity contribution in [2.75, 3.05) is 24.7 Å². The number of sulfone groups is 1. The van der Waals surface area contributed by atoms with Crippen molar-refractivity contribution < 1.29 is 8.42 Å². The smallest absolute Gasteiger partial charge is 0.223 e. The largest absolute Gasteiger partial charge is 0.351 e. The fraction of sp³-hybridized carbons (Fsp3) is 0.714. The van der Waals surface area contributed by atoms with E-state index in [4.69, 9.17) is 0 Å². The molecule has 6 nitrogen and oxygen atoms in total. The first kappa shape index (κ1) is 14.7. The molecule has 0 aromatic carbocycles. The highest BCUT2D eigenvalue weighted by Crippen LogP contribution is 2.29. The molecule has 7 heteroatoms. The second-order valence-corrected chi connectivity index (χ2v) is 8.01. The zero-order valence-corrected chi connectivity index (χ0v) is 13.1. The van der Waals surface area contributed by atoms with Gasteiger partial charge < -0.3 is 10.6 Å². The molecule has 1 saturated heterocycles.